The van der Waals surface area contributed by atoms with Crippen LogP contribution in [0.5, 0.6) is 0 Å². The van der Waals surface area contributed by atoms with E-state index in [0.29, 0.717) is 17.9 Å². The first kappa shape index (κ1) is 16.8. The molecule has 0 aliphatic heterocycles. The van der Waals surface area contributed by atoms with Gasteiger partial charge in [0.2, 0.25) is 5.82 Å². The van der Waals surface area contributed by atoms with Gasteiger partial charge in [0.1, 0.15) is 0 Å². The third-order valence-corrected chi connectivity index (χ3v) is 3.93. The molecule has 7 heteroatoms. The Balaban J connectivity index is 1.74. The van der Waals surface area contributed by atoms with E-state index < -0.39 is 4.92 Å². The molecule has 3 aromatic rings. The van der Waals surface area contributed by atoms with Gasteiger partial charge >= 0.3 is 0 Å². The lowest BCUT2D eigenvalue weighted by Gasteiger charge is -2.19. The van der Waals surface area contributed by atoms with E-state index in [-0.39, 0.29) is 11.1 Å². The maximum absolute atomic E-state index is 10.7. The highest BCUT2D eigenvalue weighted by Gasteiger charge is 2.13. The summed E-state index contributed by atoms with van der Waals surface area (Å²) in [5.41, 5.74) is 3.21. The van der Waals surface area contributed by atoms with Gasteiger partial charge in [0, 0.05) is 17.7 Å². The molecule has 0 amide bonds. The van der Waals surface area contributed by atoms with E-state index in [1.807, 2.05) is 0 Å². The molecule has 0 saturated heterocycles. The highest BCUT2D eigenvalue weighted by Crippen LogP contribution is 2.22. The predicted molar refractivity (Wildman–Crippen MR) is 94.2 cm³/mol. The van der Waals surface area contributed by atoms with Crippen molar-refractivity contribution in [2.45, 2.75) is 32.7 Å². The molecule has 7 nitrogen and oxygen atoms in total. The van der Waals surface area contributed by atoms with Gasteiger partial charge in [-0.1, -0.05) is 45.0 Å². The summed E-state index contributed by atoms with van der Waals surface area (Å²) in [6.45, 7) is 7.05. The Bertz CT molecular complexity index is 877. The molecule has 0 aliphatic rings. The van der Waals surface area contributed by atoms with Crippen LogP contribution in [0, 0.1) is 10.1 Å². The van der Waals surface area contributed by atoms with Crippen molar-refractivity contribution in [3.63, 3.8) is 0 Å². The summed E-state index contributed by atoms with van der Waals surface area (Å²) in [4.78, 5) is 11.8. The highest BCUT2D eigenvalue weighted by atomic mass is 16.6. The largest absolute Gasteiger partial charge is 0.269 e. The van der Waals surface area contributed by atoms with E-state index in [0.717, 1.165) is 5.56 Å². The molecule has 0 fully saturated rings. The molecule has 0 saturated carbocycles. The summed E-state index contributed by atoms with van der Waals surface area (Å²) in [7, 11) is 0. The van der Waals surface area contributed by atoms with Crippen LogP contribution in [0.1, 0.15) is 31.9 Å². The van der Waals surface area contributed by atoms with E-state index in [2.05, 4.69) is 60.4 Å². The first-order valence-electron chi connectivity index (χ1n) is 7.95. The number of non-ortho nitro benzene ring substituents is 1. The number of benzene rings is 2. The Hall–Kier alpha value is -3.09. The molecule has 0 aliphatic carbocycles. The molecule has 0 unspecified atom stereocenters. The Kier molecular flexibility index (Phi) is 4.31. The van der Waals surface area contributed by atoms with Crippen LogP contribution >= 0.6 is 0 Å². The second kappa shape index (κ2) is 6.43. The lowest BCUT2D eigenvalue weighted by molar-refractivity contribution is -0.384. The summed E-state index contributed by atoms with van der Waals surface area (Å²) in [6, 6.07) is 14.5. The van der Waals surface area contributed by atoms with Crippen LogP contribution in [-0.2, 0) is 12.0 Å². The summed E-state index contributed by atoms with van der Waals surface area (Å²) in [5, 5.41) is 23.1. The lowest BCUT2D eigenvalue weighted by atomic mass is 9.87. The second-order valence-corrected chi connectivity index (χ2v) is 6.89. The van der Waals surface area contributed by atoms with Crippen LogP contribution < -0.4 is 0 Å². The monoisotopic (exact) mass is 337 g/mol. The SMILES string of the molecule is CC(C)(C)c1ccc(Cn2nnc(-c3ccc([N+](=O)[O-])cc3)n2)cc1. The van der Waals surface area contributed by atoms with Crippen molar-refractivity contribution >= 4 is 5.69 Å². The Morgan fingerprint density at radius 2 is 1.68 bits per heavy atom. The number of aromatic nitrogens is 4. The highest BCUT2D eigenvalue weighted by molar-refractivity contribution is 5.56. The average molecular weight is 337 g/mol. The normalized spacial score (nSPS) is 11.5. The number of hydrogen-bond acceptors (Lipinski definition) is 5. The van der Waals surface area contributed by atoms with E-state index in [4.69, 9.17) is 0 Å². The molecule has 0 spiro atoms. The molecule has 1 aromatic heterocycles. The molecular weight excluding hydrogens is 318 g/mol. The molecule has 0 N–H and O–H groups in total. The zero-order valence-corrected chi connectivity index (χ0v) is 14.4. The third-order valence-electron chi connectivity index (χ3n) is 3.93. The van der Waals surface area contributed by atoms with Gasteiger partial charge in [-0.2, -0.15) is 4.80 Å². The Morgan fingerprint density at radius 3 is 2.24 bits per heavy atom. The Morgan fingerprint density at radius 1 is 1.04 bits per heavy atom. The van der Waals surface area contributed by atoms with Crippen molar-refractivity contribution in [2.24, 2.45) is 0 Å². The van der Waals surface area contributed by atoms with Crippen LogP contribution in [0.15, 0.2) is 48.5 Å². The maximum atomic E-state index is 10.7. The minimum atomic E-state index is -0.435. The molecule has 3 rings (SSSR count). The first-order valence-corrected chi connectivity index (χ1v) is 7.95. The van der Waals surface area contributed by atoms with Crippen LogP contribution in [-0.4, -0.2) is 25.1 Å². The quantitative estimate of drug-likeness (QED) is 0.536. The van der Waals surface area contributed by atoms with Crippen LogP contribution in [0.25, 0.3) is 11.4 Å². The van der Waals surface area contributed by atoms with Crippen LogP contribution in [0.3, 0.4) is 0 Å². The summed E-state index contributed by atoms with van der Waals surface area (Å²) < 4.78 is 0. The fourth-order valence-corrected chi connectivity index (χ4v) is 2.43. The number of hydrogen-bond donors (Lipinski definition) is 0. The van der Waals surface area contributed by atoms with Crippen molar-refractivity contribution in [3.8, 4) is 11.4 Å². The average Bonchev–Trinajstić information content (AvgIpc) is 3.03. The smallest absolute Gasteiger partial charge is 0.258 e. The van der Waals surface area contributed by atoms with Crippen molar-refractivity contribution < 1.29 is 4.92 Å². The van der Waals surface area contributed by atoms with Crippen molar-refractivity contribution in [1.29, 1.82) is 0 Å². The van der Waals surface area contributed by atoms with Gasteiger partial charge in [-0.25, -0.2) is 0 Å². The van der Waals surface area contributed by atoms with E-state index in [9.17, 15) is 10.1 Å². The van der Waals surface area contributed by atoms with Crippen LogP contribution in [0.4, 0.5) is 5.69 Å². The molecule has 1 heterocycles. The number of nitro benzene ring substituents is 1. The van der Waals surface area contributed by atoms with Gasteiger partial charge in [0.05, 0.1) is 11.5 Å². The van der Waals surface area contributed by atoms with E-state index in [1.165, 1.54) is 22.5 Å². The van der Waals surface area contributed by atoms with E-state index in [1.54, 1.807) is 12.1 Å². The van der Waals surface area contributed by atoms with Gasteiger partial charge in [-0.05, 0) is 33.9 Å². The molecular formula is C18H19N5O2. The first-order chi connectivity index (χ1) is 11.8. The molecule has 0 radical (unpaired) electrons. The number of rotatable bonds is 4. The Labute approximate surface area is 145 Å². The minimum absolute atomic E-state index is 0.0371. The topological polar surface area (TPSA) is 86.7 Å². The summed E-state index contributed by atoms with van der Waals surface area (Å²) in [6.07, 6.45) is 0. The molecule has 128 valence electrons. The number of tetrazole rings is 1. The van der Waals surface area contributed by atoms with Gasteiger partial charge in [-0.15, -0.1) is 10.2 Å². The number of nitro groups is 1. The zero-order chi connectivity index (χ0) is 18.0. The van der Waals surface area contributed by atoms with Gasteiger partial charge in [-0.3, -0.25) is 10.1 Å². The van der Waals surface area contributed by atoms with Crippen molar-refractivity contribution in [2.75, 3.05) is 0 Å². The molecule has 25 heavy (non-hydrogen) atoms. The van der Waals surface area contributed by atoms with Gasteiger partial charge < -0.3 is 0 Å². The van der Waals surface area contributed by atoms with Gasteiger partial charge in [0.25, 0.3) is 5.69 Å². The zero-order valence-electron chi connectivity index (χ0n) is 14.4. The van der Waals surface area contributed by atoms with Crippen LogP contribution in [0.2, 0.25) is 0 Å². The molecule has 0 atom stereocenters. The van der Waals surface area contributed by atoms with E-state index >= 15 is 0 Å². The fourth-order valence-electron chi connectivity index (χ4n) is 2.43. The minimum Gasteiger partial charge on any atom is -0.258 e. The standard InChI is InChI=1S/C18H19N5O2/c1-18(2,3)15-8-4-13(5-9-15)12-22-20-17(19-21-22)14-6-10-16(11-7-14)23(24)25/h4-11H,12H2,1-3H3. The maximum Gasteiger partial charge on any atom is 0.269 e. The summed E-state index contributed by atoms with van der Waals surface area (Å²) in [5.74, 6) is 0.446. The number of nitrogens with zero attached hydrogens (tertiary/aromatic N) is 5. The predicted octanol–water partition coefficient (Wildman–Crippen LogP) is 3.59. The second-order valence-electron chi connectivity index (χ2n) is 6.89. The fraction of sp³-hybridized carbons (Fsp3) is 0.278. The lowest BCUT2D eigenvalue weighted by Crippen LogP contribution is -2.11. The third kappa shape index (κ3) is 3.88. The summed E-state index contributed by atoms with van der Waals surface area (Å²) >= 11 is 0. The molecule has 0 bridgehead atoms. The molecule has 2 aromatic carbocycles. The van der Waals surface area contributed by atoms with Crippen molar-refractivity contribution in [3.05, 3.63) is 69.8 Å². The van der Waals surface area contributed by atoms with Gasteiger partial charge in [0.15, 0.2) is 0 Å². The van der Waals surface area contributed by atoms with Crippen molar-refractivity contribution in [1.82, 2.24) is 20.2 Å².